The fraction of sp³-hybridized carbons (Fsp3) is 0.550. The molecule has 27 heavy (non-hydrogen) atoms. The van der Waals surface area contributed by atoms with Gasteiger partial charge >= 0.3 is 12.2 Å². The summed E-state index contributed by atoms with van der Waals surface area (Å²) < 4.78 is 10.6. The second-order valence-corrected chi connectivity index (χ2v) is 8.36. The number of hydrogen-bond donors (Lipinski definition) is 2. The summed E-state index contributed by atoms with van der Waals surface area (Å²) in [5.41, 5.74) is -0.436. The van der Waals surface area contributed by atoms with Gasteiger partial charge in [0.2, 0.25) is 5.96 Å². The molecule has 0 spiro atoms. The molecule has 1 aromatic carbocycles. The number of nitrogens with one attached hydrogen (secondary N) is 2. The molecule has 0 aromatic heterocycles. The zero-order valence-corrected chi connectivity index (χ0v) is 17.3. The number of rotatable bonds is 3. The van der Waals surface area contributed by atoms with Gasteiger partial charge in [0.05, 0.1) is 0 Å². The van der Waals surface area contributed by atoms with E-state index >= 15 is 0 Å². The lowest BCUT2D eigenvalue weighted by Crippen LogP contribution is -2.53. The molecule has 0 bridgehead atoms. The minimum Gasteiger partial charge on any atom is -0.444 e. The van der Waals surface area contributed by atoms with Gasteiger partial charge < -0.3 is 9.47 Å². The Bertz CT molecular complexity index is 660. The fourth-order valence-electron chi connectivity index (χ4n) is 2.31. The summed E-state index contributed by atoms with van der Waals surface area (Å²) in [5.74, 6) is -0.387. The van der Waals surface area contributed by atoms with Crippen molar-refractivity contribution in [2.45, 2.75) is 72.1 Å². The van der Waals surface area contributed by atoms with Gasteiger partial charge in [0, 0.05) is 6.04 Å². The third-order valence-electron chi connectivity index (χ3n) is 3.27. The van der Waals surface area contributed by atoms with Gasteiger partial charge in [-0.1, -0.05) is 30.3 Å². The van der Waals surface area contributed by atoms with E-state index in [9.17, 15) is 9.59 Å². The highest BCUT2D eigenvalue weighted by Gasteiger charge is 2.31. The maximum Gasteiger partial charge on any atom is 0.417 e. The van der Waals surface area contributed by atoms with Crippen LogP contribution in [0.2, 0.25) is 0 Å². The first-order valence-corrected chi connectivity index (χ1v) is 8.93. The van der Waals surface area contributed by atoms with Gasteiger partial charge in [0.25, 0.3) is 0 Å². The van der Waals surface area contributed by atoms with Gasteiger partial charge in [0.15, 0.2) is 0 Å². The first-order chi connectivity index (χ1) is 12.3. The molecule has 0 aliphatic rings. The van der Waals surface area contributed by atoms with Crippen molar-refractivity contribution in [1.82, 2.24) is 10.2 Å². The first kappa shape index (κ1) is 22.5. The highest BCUT2D eigenvalue weighted by molar-refractivity contribution is 6.00. The van der Waals surface area contributed by atoms with Gasteiger partial charge in [-0.15, -0.1) is 0 Å². The molecular formula is C20H31N3O4. The highest BCUT2D eigenvalue weighted by atomic mass is 16.6. The number of ether oxygens (including phenoxy) is 2. The molecule has 2 amide bonds. The van der Waals surface area contributed by atoms with Crippen LogP contribution < -0.4 is 5.32 Å². The topological polar surface area (TPSA) is 91.7 Å². The van der Waals surface area contributed by atoms with E-state index in [-0.39, 0.29) is 5.96 Å². The lowest BCUT2D eigenvalue weighted by atomic mass is 10.1. The number of guanidine groups is 1. The van der Waals surface area contributed by atoms with E-state index in [1.807, 2.05) is 30.3 Å². The normalized spacial score (nSPS) is 12.7. The molecule has 0 aliphatic carbocycles. The number of carbonyl (C=O) groups excluding carboxylic acids is 2. The predicted octanol–water partition coefficient (Wildman–Crippen LogP) is 4.31. The number of nitrogens with zero attached hydrogens (tertiary/aromatic N) is 1. The average molecular weight is 377 g/mol. The van der Waals surface area contributed by atoms with Crippen LogP contribution in [0.1, 0.15) is 54.0 Å². The third kappa shape index (κ3) is 8.57. The fourth-order valence-corrected chi connectivity index (χ4v) is 2.31. The molecule has 0 saturated carbocycles. The zero-order valence-electron chi connectivity index (χ0n) is 17.3. The van der Waals surface area contributed by atoms with Crippen molar-refractivity contribution in [1.29, 1.82) is 5.41 Å². The Balaban J connectivity index is 2.97. The maximum absolute atomic E-state index is 12.7. The summed E-state index contributed by atoms with van der Waals surface area (Å²) >= 11 is 0. The molecular weight excluding hydrogens is 346 g/mol. The van der Waals surface area contributed by atoms with Crippen molar-refractivity contribution in [3.63, 3.8) is 0 Å². The van der Waals surface area contributed by atoms with Crippen LogP contribution in [0, 0.1) is 5.41 Å². The lowest BCUT2D eigenvalue weighted by molar-refractivity contribution is 0.0309. The monoisotopic (exact) mass is 377 g/mol. The van der Waals surface area contributed by atoms with Crippen LogP contribution in [0.25, 0.3) is 0 Å². The van der Waals surface area contributed by atoms with Crippen LogP contribution in [0.4, 0.5) is 9.59 Å². The number of hydrogen-bond acceptors (Lipinski definition) is 5. The van der Waals surface area contributed by atoms with Crippen molar-refractivity contribution in [2.24, 2.45) is 0 Å². The quantitative estimate of drug-likeness (QED) is 0.606. The number of benzene rings is 1. The molecule has 1 aromatic rings. The van der Waals surface area contributed by atoms with Crippen LogP contribution in [0.5, 0.6) is 0 Å². The Kier molecular flexibility index (Phi) is 7.39. The maximum atomic E-state index is 12.7. The molecule has 7 nitrogen and oxygen atoms in total. The van der Waals surface area contributed by atoms with E-state index in [4.69, 9.17) is 14.9 Å². The average Bonchev–Trinajstić information content (AvgIpc) is 2.43. The summed E-state index contributed by atoms with van der Waals surface area (Å²) in [6.45, 7) is 12.2. The molecule has 0 fully saturated rings. The zero-order chi connectivity index (χ0) is 20.8. The van der Waals surface area contributed by atoms with Gasteiger partial charge in [-0.25, -0.2) is 14.5 Å². The smallest absolute Gasteiger partial charge is 0.417 e. The molecule has 7 heteroatoms. The van der Waals surface area contributed by atoms with Gasteiger partial charge in [-0.2, -0.15) is 0 Å². The van der Waals surface area contributed by atoms with Crippen LogP contribution in [-0.2, 0) is 15.9 Å². The van der Waals surface area contributed by atoms with Gasteiger partial charge in [0.1, 0.15) is 11.2 Å². The summed E-state index contributed by atoms with van der Waals surface area (Å²) in [5, 5.41) is 10.5. The van der Waals surface area contributed by atoms with Crippen LogP contribution in [0.3, 0.4) is 0 Å². The van der Waals surface area contributed by atoms with Gasteiger partial charge in [-0.05, 0) is 60.5 Å². The predicted molar refractivity (Wildman–Crippen MR) is 105 cm³/mol. The van der Waals surface area contributed by atoms with Crippen molar-refractivity contribution in [2.75, 3.05) is 0 Å². The Morgan fingerprint density at radius 2 is 1.56 bits per heavy atom. The minimum atomic E-state index is -0.798. The van der Waals surface area contributed by atoms with Crippen molar-refractivity contribution in [3.05, 3.63) is 35.9 Å². The summed E-state index contributed by atoms with van der Waals surface area (Å²) in [6.07, 6.45) is -1.00. The molecule has 0 heterocycles. The van der Waals surface area contributed by atoms with Crippen LogP contribution in [0.15, 0.2) is 30.3 Å². The molecule has 0 saturated heterocycles. The molecule has 1 rings (SSSR count). The molecule has 0 radical (unpaired) electrons. The van der Waals surface area contributed by atoms with Gasteiger partial charge in [-0.3, -0.25) is 10.7 Å². The van der Waals surface area contributed by atoms with Crippen molar-refractivity contribution in [3.8, 4) is 0 Å². The molecule has 2 N–H and O–H groups in total. The van der Waals surface area contributed by atoms with E-state index in [0.717, 1.165) is 10.5 Å². The largest absolute Gasteiger partial charge is 0.444 e. The third-order valence-corrected chi connectivity index (χ3v) is 3.27. The molecule has 0 aliphatic heterocycles. The Morgan fingerprint density at radius 1 is 1.04 bits per heavy atom. The number of alkyl carbamates (subject to hydrolysis) is 1. The summed E-state index contributed by atoms with van der Waals surface area (Å²) in [7, 11) is 0. The van der Waals surface area contributed by atoms with E-state index < -0.39 is 29.4 Å². The van der Waals surface area contributed by atoms with E-state index in [0.29, 0.717) is 6.42 Å². The highest BCUT2D eigenvalue weighted by Crippen LogP contribution is 2.15. The number of amides is 2. The lowest BCUT2D eigenvalue weighted by Gasteiger charge is -2.32. The molecule has 1 unspecified atom stereocenters. The minimum absolute atomic E-state index is 0.387. The second-order valence-electron chi connectivity index (χ2n) is 8.36. The van der Waals surface area contributed by atoms with Crippen molar-refractivity contribution >= 4 is 18.1 Å². The van der Waals surface area contributed by atoms with Crippen molar-refractivity contribution < 1.29 is 19.1 Å². The number of carbonyl (C=O) groups is 2. The van der Waals surface area contributed by atoms with E-state index in [1.165, 1.54) is 0 Å². The van der Waals surface area contributed by atoms with Crippen LogP contribution >= 0.6 is 0 Å². The Morgan fingerprint density at radius 3 is 2.04 bits per heavy atom. The SMILES string of the molecule is CC(Cc1ccccc1)N(C(=N)NC(=O)OC(C)(C)C)C(=O)OC(C)(C)C. The van der Waals surface area contributed by atoms with E-state index in [2.05, 4.69) is 5.32 Å². The Labute approximate surface area is 161 Å². The van der Waals surface area contributed by atoms with Crippen LogP contribution in [-0.4, -0.2) is 40.3 Å². The standard InChI is InChI=1S/C20H31N3O4/c1-14(13-15-11-9-8-10-12-15)23(18(25)27-20(5,6)7)16(21)22-17(24)26-19(2,3)4/h8-12,14H,13H2,1-7H3,(H2,21,22,24). The second kappa shape index (κ2) is 8.88. The summed E-state index contributed by atoms with van der Waals surface area (Å²) in [6, 6.07) is 9.19. The Hall–Kier alpha value is -2.57. The molecule has 1 atom stereocenters. The summed E-state index contributed by atoms with van der Waals surface area (Å²) in [4.78, 5) is 25.8. The first-order valence-electron chi connectivity index (χ1n) is 8.93. The molecule has 150 valence electrons. The van der Waals surface area contributed by atoms with E-state index in [1.54, 1.807) is 48.5 Å².